The van der Waals surface area contributed by atoms with Gasteiger partial charge >= 0.3 is 0 Å². The Hall–Kier alpha value is -1.88. The van der Waals surface area contributed by atoms with E-state index in [1.807, 2.05) is 28.8 Å². The highest BCUT2D eigenvalue weighted by Gasteiger charge is 2.12. The van der Waals surface area contributed by atoms with Crippen LogP contribution in [-0.4, -0.2) is 14.6 Å². The molecule has 0 fully saturated rings. The van der Waals surface area contributed by atoms with Gasteiger partial charge < -0.3 is 0 Å². The van der Waals surface area contributed by atoms with Gasteiger partial charge in [-0.1, -0.05) is 30.0 Å². The van der Waals surface area contributed by atoms with Crippen LogP contribution in [0.15, 0.2) is 53.8 Å². The maximum Gasteiger partial charge on any atom is 0.196 e. The van der Waals surface area contributed by atoms with E-state index < -0.39 is 0 Å². The second-order valence-corrected chi connectivity index (χ2v) is 5.53. The lowest BCUT2D eigenvalue weighted by Gasteiger charge is -2.09. The number of pyridine rings is 1. The lowest BCUT2D eigenvalue weighted by Crippen LogP contribution is -1.92. The summed E-state index contributed by atoms with van der Waals surface area (Å²) in [6, 6.07) is 12.4. The van der Waals surface area contributed by atoms with Crippen LogP contribution < -0.4 is 0 Å². The maximum atomic E-state index is 12.9. The van der Waals surface area contributed by atoms with Gasteiger partial charge in [-0.3, -0.25) is 4.40 Å². The SMILES string of the molecule is C[C@@H](Sc1nnc2ccccn12)c1ccc(F)cc1. The summed E-state index contributed by atoms with van der Waals surface area (Å²) < 4.78 is 14.9. The fourth-order valence-corrected chi connectivity index (χ4v) is 2.83. The van der Waals surface area contributed by atoms with Gasteiger partial charge in [-0.05, 0) is 36.8 Å². The monoisotopic (exact) mass is 273 g/mol. The van der Waals surface area contributed by atoms with Crippen molar-refractivity contribution in [1.29, 1.82) is 0 Å². The predicted octanol–water partition coefficient (Wildman–Crippen LogP) is 3.72. The van der Waals surface area contributed by atoms with Gasteiger partial charge in [0.15, 0.2) is 10.8 Å². The molecule has 3 aromatic rings. The summed E-state index contributed by atoms with van der Waals surface area (Å²) >= 11 is 1.61. The van der Waals surface area contributed by atoms with Crippen molar-refractivity contribution in [3.63, 3.8) is 0 Å². The van der Waals surface area contributed by atoms with Crippen molar-refractivity contribution in [3.8, 4) is 0 Å². The van der Waals surface area contributed by atoms with Crippen LogP contribution in [0.1, 0.15) is 17.7 Å². The number of benzene rings is 1. The number of thioether (sulfide) groups is 1. The third-order valence-electron chi connectivity index (χ3n) is 2.90. The molecule has 2 heterocycles. The standard InChI is InChI=1S/C14H12FN3S/c1-10(11-5-7-12(15)8-6-11)19-14-17-16-13-4-2-3-9-18(13)14/h2-10H,1H3/t10-/m1/s1. The van der Waals surface area contributed by atoms with Gasteiger partial charge in [0, 0.05) is 11.4 Å². The van der Waals surface area contributed by atoms with E-state index in [2.05, 4.69) is 17.1 Å². The minimum atomic E-state index is -0.214. The summed E-state index contributed by atoms with van der Waals surface area (Å²) in [5, 5.41) is 9.32. The number of hydrogen-bond donors (Lipinski definition) is 0. The molecule has 0 spiro atoms. The number of aromatic nitrogens is 3. The summed E-state index contributed by atoms with van der Waals surface area (Å²) in [6.45, 7) is 2.07. The maximum absolute atomic E-state index is 12.9. The van der Waals surface area contributed by atoms with Gasteiger partial charge in [0.1, 0.15) is 5.82 Å². The van der Waals surface area contributed by atoms with Gasteiger partial charge in [-0.2, -0.15) is 0 Å². The third-order valence-corrected chi connectivity index (χ3v) is 4.02. The Labute approximate surface area is 114 Å². The van der Waals surface area contributed by atoms with Crippen molar-refractivity contribution >= 4 is 17.4 Å². The minimum absolute atomic E-state index is 0.188. The Morgan fingerprint density at radius 1 is 1.11 bits per heavy atom. The average Bonchev–Trinajstić information content (AvgIpc) is 2.83. The summed E-state index contributed by atoms with van der Waals surface area (Å²) in [5.41, 5.74) is 1.90. The zero-order valence-electron chi connectivity index (χ0n) is 10.3. The molecule has 0 N–H and O–H groups in total. The summed E-state index contributed by atoms with van der Waals surface area (Å²) in [7, 11) is 0. The molecule has 0 radical (unpaired) electrons. The van der Waals surface area contributed by atoms with Crippen molar-refractivity contribution in [2.45, 2.75) is 17.3 Å². The van der Waals surface area contributed by atoms with E-state index >= 15 is 0 Å². The van der Waals surface area contributed by atoms with Crippen molar-refractivity contribution < 1.29 is 4.39 Å². The topological polar surface area (TPSA) is 30.2 Å². The van der Waals surface area contributed by atoms with Crippen LogP contribution in [0.3, 0.4) is 0 Å². The first-order valence-corrected chi connectivity index (χ1v) is 6.84. The summed E-state index contributed by atoms with van der Waals surface area (Å²) in [5.74, 6) is -0.214. The first-order chi connectivity index (χ1) is 9.24. The molecule has 3 rings (SSSR count). The number of fused-ring (bicyclic) bond motifs is 1. The molecular weight excluding hydrogens is 261 g/mol. The number of hydrogen-bond acceptors (Lipinski definition) is 3. The molecule has 96 valence electrons. The van der Waals surface area contributed by atoms with Crippen LogP contribution in [0.2, 0.25) is 0 Å². The molecule has 0 bridgehead atoms. The van der Waals surface area contributed by atoms with E-state index in [9.17, 15) is 4.39 Å². The first-order valence-electron chi connectivity index (χ1n) is 5.96. The number of rotatable bonds is 3. The van der Waals surface area contributed by atoms with Crippen molar-refractivity contribution in [1.82, 2.24) is 14.6 Å². The smallest absolute Gasteiger partial charge is 0.196 e. The molecule has 0 saturated heterocycles. The molecule has 19 heavy (non-hydrogen) atoms. The molecule has 5 heteroatoms. The van der Waals surface area contributed by atoms with Crippen LogP contribution in [0.5, 0.6) is 0 Å². The molecular formula is C14H12FN3S. The summed E-state index contributed by atoms with van der Waals surface area (Å²) in [4.78, 5) is 0. The lowest BCUT2D eigenvalue weighted by atomic mass is 10.2. The Kier molecular flexibility index (Phi) is 3.21. The molecule has 0 amide bonds. The first kappa shape index (κ1) is 12.2. The highest BCUT2D eigenvalue weighted by molar-refractivity contribution is 7.99. The minimum Gasteiger partial charge on any atom is -0.277 e. The second kappa shape index (κ2) is 5.01. The fourth-order valence-electron chi connectivity index (χ4n) is 1.86. The van der Waals surface area contributed by atoms with E-state index in [1.54, 1.807) is 23.9 Å². The van der Waals surface area contributed by atoms with Crippen molar-refractivity contribution in [2.24, 2.45) is 0 Å². The molecule has 3 nitrogen and oxygen atoms in total. The average molecular weight is 273 g/mol. The van der Waals surface area contributed by atoms with Gasteiger partial charge in [0.25, 0.3) is 0 Å². The lowest BCUT2D eigenvalue weighted by molar-refractivity contribution is 0.627. The zero-order valence-corrected chi connectivity index (χ0v) is 11.1. The Bertz CT molecular complexity index is 693. The van der Waals surface area contributed by atoms with Crippen LogP contribution in [0.4, 0.5) is 4.39 Å². The summed E-state index contributed by atoms with van der Waals surface area (Å²) in [6.07, 6.45) is 1.94. The zero-order chi connectivity index (χ0) is 13.2. The van der Waals surface area contributed by atoms with Gasteiger partial charge in [0.05, 0.1) is 0 Å². The molecule has 0 aliphatic carbocycles. The second-order valence-electron chi connectivity index (χ2n) is 4.22. The van der Waals surface area contributed by atoms with Crippen molar-refractivity contribution in [3.05, 3.63) is 60.0 Å². The Balaban J connectivity index is 1.86. The van der Waals surface area contributed by atoms with E-state index in [0.29, 0.717) is 0 Å². The van der Waals surface area contributed by atoms with Crippen LogP contribution in [0.25, 0.3) is 5.65 Å². The normalized spacial score (nSPS) is 12.7. The van der Waals surface area contributed by atoms with E-state index in [4.69, 9.17) is 0 Å². The predicted molar refractivity (Wildman–Crippen MR) is 73.7 cm³/mol. The molecule has 2 aromatic heterocycles. The van der Waals surface area contributed by atoms with Crippen LogP contribution in [0, 0.1) is 5.82 Å². The number of halogens is 1. The Morgan fingerprint density at radius 3 is 2.68 bits per heavy atom. The van der Waals surface area contributed by atoms with Crippen LogP contribution >= 0.6 is 11.8 Å². The van der Waals surface area contributed by atoms with E-state index in [0.717, 1.165) is 16.4 Å². The third kappa shape index (κ3) is 2.46. The molecule has 0 aliphatic rings. The molecule has 0 unspecified atom stereocenters. The van der Waals surface area contributed by atoms with Gasteiger partial charge in [-0.15, -0.1) is 10.2 Å². The van der Waals surface area contributed by atoms with E-state index in [1.165, 1.54) is 12.1 Å². The highest BCUT2D eigenvalue weighted by atomic mass is 32.2. The fraction of sp³-hybridized carbons (Fsp3) is 0.143. The van der Waals surface area contributed by atoms with Crippen LogP contribution in [-0.2, 0) is 0 Å². The molecule has 1 aromatic carbocycles. The Morgan fingerprint density at radius 2 is 1.89 bits per heavy atom. The van der Waals surface area contributed by atoms with Gasteiger partial charge in [-0.25, -0.2) is 4.39 Å². The van der Waals surface area contributed by atoms with Gasteiger partial charge in [0.2, 0.25) is 0 Å². The largest absolute Gasteiger partial charge is 0.277 e. The number of nitrogens with zero attached hydrogens (tertiary/aromatic N) is 3. The molecule has 1 atom stereocenters. The van der Waals surface area contributed by atoms with E-state index in [-0.39, 0.29) is 11.1 Å². The quantitative estimate of drug-likeness (QED) is 0.681. The van der Waals surface area contributed by atoms with Crippen molar-refractivity contribution in [2.75, 3.05) is 0 Å². The molecule has 0 aliphatic heterocycles. The highest BCUT2D eigenvalue weighted by Crippen LogP contribution is 2.33. The molecule has 0 saturated carbocycles.